The first kappa shape index (κ1) is 32.1. The summed E-state index contributed by atoms with van der Waals surface area (Å²) in [6.07, 6.45) is 11.4. The van der Waals surface area contributed by atoms with Crippen LogP contribution >= 0.6 is 0 Å². The molecule has 0 aliphatic heterocycles. The zero-order chi connectivity index (χ0) is 25.6. The number of nitrogens with two attached hydrogens (primary N) is 4. The molecule has 0 bridgehead atoms. The molecule has 0 spiro atoms. The van der Waals surface area contributed by atoms with E-state index >= 15 is 0 Å². The van der Waals surface area contributed by atoms with Crippen molar-refractivity contribution in [2.24, 2.45) is 23.1 Å². The largest absolute Gasteiger partial charge is 0.489 e. The van der Waals surface area contributed by atoms with Gasteiger partial charge in [-0.1, -0.05) is 39.5 Å². The second-order valence-corrected chi connectivity index (χ2v) is 8.42. The van der Waals surface area contributed by atoms with Gasteiger partial charge in [0.05, 0.1) is 18.8 Å². The lowest BCUT2D eigenvalue weighted by atomic mass is 9.98. The van der Waals surface area contributed by atoms with Crippen LogP contribution in [0.25, 0.3) is 0 Å². The van der Waals surface area contributed by atoms with E-state index in [1.165, 1.54) is 32.1 Å². The Balaban J connectivity index is 0.00000116. The van der Waals surface area contributed by atoms with Crippen LogP contribution in [-0.2, 0) is 11.2 Å². The maximum absolute atomic E-state index is 12.5. The molecule has 0 amide bonds. The summed E-state index contributed by atoms with van der Waals surface area (Å²) in [4.78, 5) is 17.6. The van der Waals surface area contributed by atoms with Gasteiger partial charge in [0.25, 0.3) is 0 Å². The summed E-state index contributed by atoms with van der Waals surface area (Å²) >= 11 is 0. The standard InChI is InChI=1S/C19H33N3O4.C7H17N/c1-3-11-25-19(23)16-13-14(2)17(26-22)18(15(16)8-7-10-21)24-12-6-4-5-9-20;1-2-3-4-5-6-7-8/h13H,3-12,20-22H2,1-2H3;2-8H2,1H3. The van der Waals surface area contributed by atoms with Crippen molar-refractivity contribution in [3.8, 4) is 11.5 Å². The second-order valence-electron chi connectivity index (χ2n) is 8.42. The first-order valence-electron chi connectivity index (χ1n) is 12.9. The highest BCUT2D eigenvalue weighted by Gasteiger charge is 2.23. The van der Waals surface area contributed by atoms with Gasteiger partial charge in [-0.25, -0.2) is 4.79 Å². The van der Waals surface area contributed by atoms with Crippen LogP contribution in [-0.4, -0.2) is 38.8 Å². The molecule has 8 nitrogen and oxygen atoms in total. The fraction of sp³-hybridized carbons (Fsp3) is 0.731. The lowest BCUT2D eigenvalue weighted by molar-refractivity contribution is 0.0503. The molecule has 198 valence electrons. The van der Waals surface area contributed by atoms with Gasteiger partial charge in [-0.2, -0.15) is 5.90 Å². The minimum atomic E-state index is -0.362. The molecule has 8 N–H and O–H groups in total. The predicted molar refractivity (Wildman–Crippen MR) is 140 cm³/mol. The fourth-order valence-electron chi connectivity index (χ4n) is 3.43. The third kappa shape index (κ3) is 13.1. The Bertz CT molecular complexity index is 650. The van der Waals surface area contributed by atoms with E-state index in [-0.39, 0.29) is 5.97 Å². The first-order valence-corrected chi connectivity index (χ1v) is 12.9. The Kier molecular flexibility index (Phi) is 20.5. The van der Waals surface area contributed by atoms with Crippen LogP contribution in [0.15, 0.2) is 6.07 Å². The van der Waals surface area contributed by atoms with Crippen LogP contribution in [0.2, 0.25) is 0 Å². The van der Waals surface area contributed by atoms with Crippen molar-refractivity contribution in [2.45, 2.75) is 91.4 Å². The van der Waals surface area contributed by atoms with Gasteiger partial charge in [-0.05, 0) is 83.1 Å². The van der Waals surface area contributed by atoms with Crippen LogP contribution in [0.5, 0.6) is 11.5 Å². The maximum atomic E-state index is 12.5. The van der Waals surface area contributed by atoms with E-state index < -0.39 is 0 Å². The van der Waals surface area contributed by atoms with Gasteiger partial charge >= 0.3 is 5.97 Å². The van der Waals surface area contributed by atoms with Crippen molar-refractivity contribution in [1.29, 1.82) is 0 Å². The third-order valence-electron chi connectivity index (χ3n) is 5.33. The van der Waals surface area contributed by atoms with Gasteiger partial charge in [0.2, 0.25) is 0 Å². The lowest BCUT2D eigenvalue weighted by Crippen LogP contribution is -2.15. The molecule has 1 aromatic rings. The van der Waals surface area contributed by atoms with Gasteiger partial charge in [0.15, 0.2) is 11.5 Å². The topological polar surface area (TPSA) is 149 Å². The van der Waals surface area contributed by atoms with E-state index in [4.69, 9.17) is 37.4 Å². The van der Waals surface area contributed by atoms with Crippen LogP contribution in [0.1, 0.15) is 99.5 Å². The van der Waals surface area contributed by atoms with Gasteiger partial charge in [0, 0.05) is 5.56 Å². The molecule has 0 aromatic heterocycles. The summed E-state index contributed by atoms with van der Waals surface area (Å²) in [5.74, 6) is 6.07. The highest BCUT2D eigenvalue weighted by Crippen LogP contribution is 2.38. The smallest absolute Gasteiger partial charge is 0.338 e. The Labute approximate surface area is 207 Å². The summed E-state index contributed by atoms with van der Waals surface area (Å²) in [7, 11) is 0. The number of benzene rings is 1. The van der Waals surface area contributed by atoms with Crippen molar-refractivity contribution in [3.63, 3.8) is 0 Å². The zero-order valence-electron chi connectivity index (χ0n) is 21.8. The average molecular weight is 483 g/mol. The van der Waals surface area contributed by atoms with Crippen LogP contribution in [0.3, 0.4) is 0 Å². The SMILES string of the molecule is CCCCCCCN.CCCOC(=O)c1cc(C)c(ON)c(OCCCCCN)c1CCCN. The van der Waals surface area contributed by atoms with Crippen LogP contribution in [0.4, 0.5) is 0 Å². The summed E-state index contributed by atoms with van der Waals surface area (Å²) in [6, 6.07) is 1.74. The summed E-state index contributed by atoms with van der Waals surface area (Å²) < 4.78 is 11.3. The van der Waals surface area contributed by atoms with Crippen molar-refractivity contribution >= 4 is 5.97 Å². The Morgan fingerprint density at radius 1 is 0.794 bits per heavy atom. The third-order valence-corrected chi connectivity index (χ3v) is 5.33. The lowest BCUT2D eigenvalue weighted by Gasteiger charge is -2.19. The molecule has 1 aromatic carbocycles. The Morgan fingerprint density at radius 2 is 1.41 bits per heavy atom. The highest BCUT2D eigenvalue weighted by molar-refractivity contribution is 5.93. The minimum absolute atomic E-state index is 0.362. The van der Waals surface area contributed by atoms with Crippen molar-refractivity contribution in [3.05, 3.63) is 22.8 Å². The molecule has 0 unspecified atom stereocenters. The minimum Gasteiger partial charge on any atom is -0.489 e. The van der Waals surface area contributed by atoms with E-state index in [1.807, 2.05) is 13.8 Å². The number of ether oxygens (including phenoxy) is 2. The average Bonchev–Trinajstić information content (AvgIpc) is 2.84. The molecule has 0 saturated heterocycles. The van der Waals surface area contributed by atoms with Crippen molar-refractivity contribution in [1.82, 2.24) is 0 Å². The molecule has 1 rings (SSSR count). The number of hydrogen-bond acceptors (Lipinski definition) is 8. The fourth-order valence-corrected chi connectivity index (χ4v) is 3.43. The van der Waals surface area contributed by atoms with E-state index in [9.17, 15) is 4.79 Å². The molecule has 0 aliphatic carbocycles. The molecule has 8 heteroatoms. The molecule has 0 fully saturated rings. The van der Waals surface area contributed by atoms with Crippen molar-refractivity contribution < 1.29 is 19.1 Å². The number of unbranched alkanes of at least 4 members (excludes halogenated alkanes) is 6. The summed E-state index contributed by atoms with van der Waals surface area (Å²) in [6.45, 7) is 8.91. The summed E-state index contributed by atoms with van der Waals surface area (Å²) in [5.41, 5.74) is 18.4. The summed E-state index contributed by atoms with van der Waals surface area (Å²) in [5, 5.41) is 0. The number of esters is 1. The van der Waals surface area contributed by atoms with Gasteiger partial charge in [0.1, 0.15) is 0 Å². The van der Waals surface area contributed by atoms with E-state index in [1.54, 1.807) is 6.07 Å². The molecular weight excluding hydrogens is 432 g/mol. The number of aryl methyl sites for hydroxylation is 1. The molecule has 0 saturated carbocycles. The highest BCUT2D eigenvalue weighted by atomic mass is 16.6. The number of rotatable bonds is 18. The van der Waals surface area contributed by atoms with Crippen LogP contribution < -0.4 is 32.7 Å². The van der Waals surface area contributed by atoms with Gasteiger partial charge in [-0.3, -0.25) is 0 Å². The zero-order valence-corrected chi connectivity index (χ0v) is 21.8. The Hall–Kier alpha value is -1.87. The van der Waals surface area contributed by atoms with Crippen molar-refractivity contribution in [2.75, 3.05) is 32.8 Å². The molecule has 0 atom stereocenters. The number of carbonyl (C=O) groups is 1. The molecule has 0 radical (unpaired) electrons. The van der Waals surface area contributed by atoms with E-state index in [2.05, 4.69) is 6.92 Å². The molecular formula is C26H50N4O4. The monoisotopic (exact) mass is 482 g/mol. The quantitative estimate of drug-likeness (QED) is 0.139. The van der Waals surface area contributed by atoms with Gasteiger partial charge in [-0.15, -0.1) is 0 Å². The first-order chi connectivity index (χ1) is 16.5. The van der Waals surface area contributed by atoms with E-state index in [0.29, 0.717) is 56.2 Å². The van der Waals surface area contributed by atoms with Gasteiger partial charge < -0.3 is 31.5 Å². The maximum Gasteiger partial charge on any atom is 0.338 e. The Morgan fingerprint density at radius 3 is 1.97 bits per heavy atom. The number of hydrogen-bond donors (Lipinski definition) is 4. The second kappa shape index (κ2) is 21.6. The molecule has 0 aliphatic rings. The van der Waals surface area contributed by atoms with Crippen LogP contribution in [0, 0.1) is 6.92 Å². The normalized spacial score (nSPS) is 10.4. The van der Waals surface area contributed by atoms with E-state index in [0.717, 1.165) is 43.4 Å². The predicted octanol–water partition coefficient (Wildman–Crippen LogP) is 4.13. The molecule has 0 heterocycles. The number of carbonyl (C=O) groups excluding carboxylic acids is 1. The molecule has 34 heavy (non-hydrogen) atoms.